The quantitative estimate of drug-likeness (QED) is 0.852. The number of hydrogen-bond donors (Lipinski definition) is 1. The topological polar surface area (TPSA) is 41.6 Å². The second kappa shape index (κ2) is 8.37. The van der Waals surface area contributed by atoms with Crippen LogP contribution in [0.5, 0.6) is 5.75 Å². The van der Waals surface area contributed by atoms with Crippen molar-refractivity contribution in [1.82, 2.24) is 10.2 Å². The molecule has 0 radical (unpaired) electrons. The summed E-state index contributed by atoms with van der Waals surface area (Å²) in [6.07, 6.45) is 2.54. The number of halogens is 1. The second-order valence-corrected chi connectivity index (χ2v) is 6.72. The molecule has 1 N–H and O–H groups in total. The van der Waals surface area contributed by atoms with Gasteiger partial charge in [-0.05, 0) is 55.3 Å². The first-order chi connectivity index (χ1) is 12.2. The second-order valence-electron chi connectivity index (χ2n) is 6.28. The minimum atomic E-state index is -0.185. The van der Waals surface area contributed by atoms with E-state index in [9.17, 15) is 4.79 Å². The molecule has 3 rings (SSSR count). The van der Waals surface area contributed by atoms with Gasteiger partial charge < -0.3 is 10.1 Å². The van der Waals surface area contributed by atoms with Crippen molar-refractivity contribution in [3.8, 4) is 5.75 Å². The Hall–Kier alpha value is -2.04. The van der Waals surface area contributed by atoms with Gasteiger partial charge in [0.15, 0.2) is 0 Å². The Balaban J connectivity index is 1.69. The summed E-state index contributed by atoms with van der Waals surface area (Å²) in [5.74, 6) is 0.336. The Morgan fingerprint density at radius 2 is 1.88 bits per heavy atom. The number of ether oxygens (including phenoxy) is 1. The summed E-state index contributed by atoms with van der Waals surface area (Å²) in [6.45, 7) is 3.73. The normalized spacial score (nSPS) is 14.5. The van der Waals surface area contributed by atoms with Gasteiger partial charge in [-0.25, -0.2) is 0 Å². The Morgan fingerprint density at radius 3 is 2.60 bits per heavy atom. The highest BCUT2D eigenvalue weighted by molar-refractivity contribution is 6.31. The Morgan fingerprint density at radius 1 is 1.16 bits per heavy atom. The van der Waals surface area contributed by atoms with Crippen LogP contribution in [0.1, 0.15) is 34.3 Å². The van der Waals surface area contributed by atoms with Gasteiger partial charge in [-0.1, -0.05) is 35.9 Å². The van der Waals surface area contributed by atoms with Crippen LogP contribution in [0.25, 0.3) is 0 Å². The number of nitrogens with one attached hydrogen (secondary N) is 1. The lowest BCUT2D eigenvalue weighted by molar-refractivity contribution is 0.0947. The number of carbonyl (C=O) groups is 1. The number of hydrogen-bond acceptors (Lipinski definition) is 3. The third-order valence-corrected chi connectivity index (χ3v) is 4.79. The van der Waals surface area contributed by atoms with Crippen molar-refractivity contribution in [2.24, 2.45) is 0 Å². The maximum atomic E-state index is 12.5. The largest absolute Gasteiger partial charge is 0.496 e. The minimum absolute atomic E-state index is 0.185. The monoisotopic (exact) mass is 358 g/mol. The average Bonchev–Trinajstić information content (AvgIpc) is 3.13. The van der Waals surface area contributed by atoms with Crippen molar-refractivity contribution in [2.45, 2.75) is 25.9 Å². The van der Waals surface area contributed by atoms with Gasteiger partial charge in [0.1, 0.15) is 5.75 Å². The average molecular weight is 359 g/mol. The number of amides is 1. The van der Waals surface area contributed by atoms with Gasteiger partial charge in [0.05, 0.1) is 12.7 Å². The zero-order chi connectivity index (χ0) is 17.6. The molecule has 2 aromatic rings. The third-order valence-electron chi connectivity index (χ3n) is 4.56. The van der Waals surface area contributed by atoms with E-state index < -0.39 is 0 Å². The molecule has 2 aromatic carbocycles. The van der Waals surface area contributed by atoms with Crippen molar-refractivity contribution in [3.05, 3.63) is 64.2 Å². The summed E-state index contributed by atoms with van der Waals surface area (Å²) in [5, 5.41) is 3.50. The van der Waals surface area contributed by atoms with E-state index in [1.54, 1.807) is 25.3 Å². The highest BCUT2D eigenvalue weighted by Crippen LogP contribution is 2.23. The van der Waals surface area contributed by atoms with Crippen molar-refractivity contribution < 1.29 is 9.53 Å². The van der Waals surface area contributed by atoms with E-state index in [-0.39, 0.29) is 5.91 Å². The van der Waals surface area contributed by atoms with Crippen molar-refractivity contribution >= 4 is 17.5 Å². The Bertz CT molecular complexity index is 742. The molecule has 0 bridgehead atoms. The molecule has 5 heteroatoms. The molecule has 1 amide bonds. The lowest BCUT2D eigenvalue weighted by Gasteiger charge is -2.18. The molecule has 1 fully saturated rings. The first-order valence-electron chi connectivity index (χ1n) is 8.58. The van der Waals surface area contributed by atoms with Crippen LogP contribution in [0.3, 0.4) is 0 Å². The first-order valence-corrected chi connectivity index (χ1v) is 8.96. The molecule has 1 aliphatic rings. The van der Waals surface area contributed by atoms with Crippen LogP contribution in [0.2, 0.25) is 5.02 Å². The van der Waals surface area contributed by atoms with Gasteiger partial charge in [0.25, 0.3) is 5.91 Å². The summed E-state index contributed by atoms with van der Waals surface area (Å²) in [7, 11) is 1.55. The zero-order valence-corrected chi connectivity index (χ0v) is 15.2. The van der Waals surface area contributed by atoms with Crippen LogP contribution in [0.15, 0.2) is 42.5 Å². The molecule has 1 saturated heterocycles. The van der Waals surface area contributed by atoms with E-state index in [1.165, 1.54) is 18.4 Å². The van der Waals surface area contributed by atoms with Crippen LogP contribution >= 0.6 is 11.6 Å². The van der Waals surface area contributed by atoms with Gasteiger partial charge >= 0.3 is 0 Å². The van der Waals surface area contributed by atoms with E-state index in [0.29, 0.717) is 22.9 Å². The molecule has 0 unspecified atom stereocenters. The molecular formula is C20H23ClN2O2. The molecule has 0 atom stereocenters. The summed E-state index contributed by atoms with van der Waals surface area (Å²) in [6, 6.07) is 13.3. The summed E-state index contributed by atoms with van der Waals surface area (Å²) < 4.78 is 5.26. The van der Waals surface area contributed by atoms with Crippen LogP contribution in [0, 0.1) is 0 Å². The minimum Gasteiger partial charge on any atom is -0.496 e. The highest BCUT2D eigenvalue weighted by Gasteiger charge is 2.15. The molecule has 4 nitrogen and oxygen atoms in total. The Kier molecular flexibility index (Phi) is 5.95. The van der Waals surface area contributed by atoms with Crippen LogP contribution in [0.4, 0.5) is 0 Å². The van der Waals surface area contributed by atoms with E-state index in [1.807, 2.05) is 6.07 Å². The fraction of sp³-hybridized carbons (Fsp3) is 0.350. The van der Waals surface area contributed by atoms with Crippen molar-refractivity contribution in [1.29, 1.82) is 0 Å². The number of likely N-dealkylation sites (tertiary alicyclic amines) is 1. The number of nitrogens with zero attached hydrogens (tertiary/aromatic N) is 1. The van der Waals surface area contributed by atoms with E-state index in [0.717, 1.165) is 25.2 Å². The van der Waals surface area contributed by atoms with Gasteiger partial charge in [0.2, 0.25) is 0 Å². The summed E-state index contributed by atoms with van der Waals surface area (Å²) in [5.41, 5.74) is 2.86. The summed E-state index contributed by atoms with van der Waals surface area (Å²) >= 11 is 6.01. The zero-order valence-electron chi connectivity index (χ0n) is 14.4. The standard InChI is InChI=1S/C20H23ClN2O2/c1-25-19-9-8-17(21)12-18(19)20(24)22-13-15-6-2-3-7-16(15)14-23-10-4-5-11-23/h2-3,6-9,12H,4-5,10-11,13-14H2,1H3,(H,22,24). The van der Waals surface area contributed by atoms with Crippen LogP contribution in [-0.4, -0.2) is 31.0 Å². The molecule has 1 aliphatic heterocycles. The maximum absolute atomic E-state index is 12.5. The third kappa shape index (κ3) is 4.53. The van der Waals surface area contributed by atoms with Gasteiger partial charge in [-0.2, -0.15) is 0 Å². The molecular weight excluding hydrogens is 336 g/mol. The Labute approximate surface area is 153 Å². The molecule has 0 spiro atoms. The molecule has 0 aromatic heterocycles. The predicted molar refractivity (Wildman–Crippen MR) is 100 cm³/mol. The lowest BCUT2D eigenvalue weighted by Crippen LogP contribution is -2.25. The first kappa shape index (κ1) is 17.8. The van der Waals surface area contributed by atoms with Crippen LogP contribution < -0.4 is 10.1 Å². The van der Waals surface area contributed by atoms with E-state index in [2.05, 4.69) is 28.4 Å². The lowest BCUT2D eigenvalue weighted by atomic mass is 10.1. The van der Waals surface area contributed by atoms with Crippen molar-refractivity contribution in [2.75, 3.05) is 20.2 Å². The highest BCUT2D eigenvalue weighted by atomic mass is 35.5. The van der Waals surface area contributed by atoms with Crippen molar-refractivity contribution in [3.63, 3.8) is 0 Å². The summed E-state index contributed by atoms with van der Waals surface area (Å²) in [4.78, 5) is 15.0. The SMILES string of the molecule is COc1ccc(Cl)cc1C(=O)NCc1ccccc1CN1CCCC1. The molecule has 0 saturated carbocycles. The van der Waals surface area contributed by atoms with Gasteiger partial charge in [-0.3, -0.25) is 9.69 Å². The molecule has 0 aliphatic carbocycles. The number of rotatable bonds is 6. The fourth-order valence-corrected chi connectivity index (χ4v) is 3.37. The molecule has 132 valence electrons. The van der Waals surface area contributed by atoms with Gasteiger partial charge in [-0.15, -0.1) is 0 Å². The number of methoxy groups -OCH3 is 1. The van der Waals surface area contributed by atoms with Gasteiger partial charge in [0, 0.05) is 18.1 Å². The van der Waals surface area contributed by atoms with E-state index in [4.69, 9.17) is 16.3 Å². The van der Waals surface area contributed by atoms with E-state index >= 15 is 0 Å². The maximum Gasteiger partial charge on any atom is 0.255 e. The molecule has 25 heavy (non-hydrogen) atoms. The fourth-order valence-electron chi connectivity index (χ4n) is 3.19. The smallest absolute Gasteiger partial charge is 0.255 e. The predicted octanol–water partition coefficient (Wildman–Crippen LogP) is 3.87. The number of carbonyl (C=O) groups excluding carboxylic acids is 1. The van der Waals surface area contributed by atoms with Crippen LogP contribution in [-0.2, 0) is 13.1 Å². The number of benzene rings is 2. The molecule has 1 heterocycles.